The van der Waals surface area contributed by atoms with Gasteiger partial charge in [0.15, 0.2) is 0 Å². The van der Waals surface area contributed by atoms with E-state index in [2.05, 4.69) is 24.0 Å². The lowest BCUT2D eigenvalue weighted by Crippen LogP contribution is -2.39. The van der Waals surface area contributed by atoms with E-state index in [4.69, 9.17) is 17.3 Å². The zero-order valence-corrected chi connectivity index (χ0v) is 12.8. The molecule has 0 aliphatic carbocycles. The van der Waals surface area contributed by atoms with Crippen LogP contribution in [0.3, 0.4) is 0 Å². The van der Waals surface area contributed by atoms with E-state index in [1.54, 1.807) is 0 Å². The lowest BCUT2D eigenvalue weighted by Gasteiger charge is -2.38. The summed E-state index contributed by atoms with van der Waals surface area (Å²) in [6.07, 6.45) is 6.39. The van der Waals surface area contributed by atoms with Crippen LogP contribution in [0.15, 0.2) is 18.2 Å². The van der Waals surface area contributed by atoms with Gasteiger partial charge in [0, 0.05) is 18.6 Å². The molecule has 0 amide bonds. The summed E-state index contributed by atoms with van der Waals surface area (Å²) in [5, 5.41) is 0.845. The molecular formula is C16H25ClN2. The first kappa shape index (κ1) is 14.7. The lowest BCUT2D eigenvalue weighted by atomic mass is 9.97. The van der Waals surface area contributed by atoms with Crippen LogP contribution in [-0.2, 0) is 0 Å². The average molecular weight is 281 g/mol. The highest BCUT2D eigenvalue weighted by atomic mass is 35.5. The fourth-order valence-electron chi connectivity index (χ4n) is 2.99. The molecule has 2 rings (SSSR count). The second kappa shape index (κ2) is 6.62. The van der Waals surface area contributed by atoms with Crippen molar-refractivity contribution in [3.8, 4) is 0 Å². The molecule has 0 spiro atoms. The summed E-state index contributed by atoms with van der Waals surface area (Å²) in [6.45, 7) is 5.38. The molecule has 1 aliphatic rings. The monoisotopic (exact) mass is 280 g/mol. The zero-order chi connectivity index (χ0) is 13.8. The lowest BCUT2D eigenvalue weighted by molar-refractivity contribution is 0.435. The molecular weight excluding hydrogens is 256 g/mol. The molecule has 2 nitrogen and oxygen atoms in total. The Morgan fingerprint density at radius 1 is 1.42 bits per heavy atom. The number of nitrogens with two attached hydrogens (primary N) is 1. The van der Waals surface area contributed by atoms with E-state index in [9.17, 15) is 0 Å². The molecule has 1 saturated heterocycles. The van der Waals surface area contributed by atoms with Crippen LogP contribution in [0.5, 0.6) is 0 Å². The Morgan fingerprint density at radius 3 is 2.84 bits per heavy atom. The van der Waals surface area contributed by atoms with Gasteiger partial charge in [-0.3, -0.25) is 0 Å². The maximum Gasteiger partial charge on any atom is 0.0642 e. The van der Waals surface area contributed by atoms with E-state index in [-0.39, 0.29) is 6.04 Å². The number of piperidine rings is 1. The number of nitrogens with zero attached hydrogens (tertiary/aromatic N) is 1. The summed E-state index contributed by atoms with van der Waals surface area (Å²) < 4.78 is 0. The molecule has 1 aromatic rings. The average Bonchev–Trinajstić information content (AvgIpc) is 2.40. The number of anilines is 1. The number of benzene rings is 1. The normalized spacial score (nSPS) is 21.5. The minimum atomic E-state index is 0.0411. The predicted molar refractivity (Wildman–Crippen MR) is 83.9 cm³/mol. The van der Waals surface area contributed by atoms with Gasteiger partial charge >= 0.3 is 0 Å². The summed E-state index contributed by atoms with van der Waals surface area (Å²) in [7, 11) is 0. The number of halogens is 1. The summed E-state index contributed by atoms with van der Waals surface area (Å²) in [5.74, 6) is 0. The smallest absolute Gasteiger partial charge is 0.0642 e. The van der Waals surface area contributed by atoms with Crippen molar-refractivity contribution in [2.45, 2.75) is 58.0 Å². The molecule has 0 saturated carbocycles. The van der Waals surface area contributed by atoms with Crippen molar-refractivity contribution in [1.82, 2.24) is 0 Å². The van der Waals surface area contributed by atoms with Crippen LogP contribution in [0, 0.1) is 0 Å². The third kappa shape index (κ3) is 3.43. The van der Waals surface area contributed by atoms with Gasteiger partial charge in [-0.25, -0.2) is 0 Å². The standard InChI is InChI=1S/C16H25ClN2/c1-3-6-14-7-4-5-10-19(14)16-9-8-13(12(2)18)11-15(16)17/h8-9,11-12,14H,3-7,10,18H2,1-2H3. The second-order valence-corrected chi connectivity index (χ2v) is 6.04. The molecule has 1 aliphatic heterocycles. The maximum absolute atomic E-state index is 6.48. The van der Waals surface area contributed by atoms with Crippen molar-refractivity contribution < 1.29 is 0 Å². The third-order valence-electron chi connectivity index (χ3n) is 4.06. The quantitative estimate of drug-likeness (QED) is 0.879. The Hall–Kier alpha value is -0.730. The first-order valence-corrected chi connectivity index (χ1v) is 7.83. The van der Waals surface area contributed by atoms with Crippen LogP contribution in [0.2, 0.25) is 5.02 Å². The van der Waals surface area contributed by atoms with E-state index in [1.165, 1.54) is 37.8 Å². The Labute approximate surface area is 121 Å². The molecule has 2 N–H and O–H groups in total. The van der Waals surface area contributed by atoms with E-state index >= 15 is 0 Å². The molecule has 3 heteroatoms. The zero-order valence-electron chi connectivity index (χ0n) is 12.0. The molecule has 1 aromatic carbocycles. The molecule has 106 valence electrons. The topological polar surface area (TPSA) is 29.3 Å². The van der Waals surface area contributed by atoms with Crippen molar-refractivity contribution in [2.75, 3.05) is 11.4 Å². The third-order valence-corrected chi connectivity index (χ3v) is 4.36. The van der Waals surface area contributed by atoms with Crippen LogP contribution in [-0.4, -0.2) is 12.6 Å². The molecule has 1 heterocycles. The van der Waals surface area contributed by atoms with Gasteiger partial charge in [0.25, 0.3) is 0 Å². The predicted octanol–water partition coefficient (Wildman–Crippen LogP) is 4.52. The van der Waals surface area contributed by atoms with Gasteiger partial charge in [0.05, 0.1) is 10.7 Å². The van der Waals surface area contributed by atoms with Gasteiger partial charge in [0.2, 0.25) is 0 Å². The summed E-state index contributed by atoms with van der Waals surface area (Å²) in [5.41, 5.74) is 8.21. The number of hydrogen-bond donors (Lipinski definition) is 1. The van der Waals surface area contributed by atoms with Crippen molar-refractivity contribution >= 4 is 17.3 Å². The van der Waals surface area contributed by atoms with Crippen LogP contribution >= 0.6 is 11.6 Å². The number of rotatable bonds is 4. The number of hydrogen-bond acceptors (Lipinski definition) is 2. The molecule has 19 heavy (non-hydrogen) atoms. The molecule has 2 atom stereocenters. The minimum Gasteiger partial charge on any atom is -0.367 e. The van der Waals surface area contributed by atoms with E-state index in [1.807, 2.05) is 13.0 Å². The summed E-state index contributed by atoms with van der Waals surface area (Å²) >= 11 is 6.48. The van der Waals surface area contributed by atoms with E-state index in [0.29, 0.717) is 6.04 Å². The molecule has 0 aromatic heterocycles. The molecule has 0 bridgehead atoms. The van der Waals surface area contributed by atoms with E-state index < -0.39 is 0 Å². The fourth-order valence-corrected chi connectivity index (χ4v) is 3.29. The highest BCUT2D eigenvalue weighted by Gasteiger charge is 2.23. The van der Waals surface area contributed by atoms with Crippen LogP contribution in [0.1, 0.15) is 57.6 Å². The van der Waals surface area contributed by atoms with Gasteiger partial charge < -0.3 is 10.6 Å². The first-order valence-electron chi connectivity index (χ1n) is 7.45. The first-order chi connectivity index (χ1) is 9.13. The van der Waals surface area contributed by atoms with Gasteiger partial charge in [-0.15, -0.1) is 0 Å². The van der Waals surface area contributed by atoms with Crippen molar-refractivity contribution in [3.05, 3.63) is 28.8 Å². The SMILES string of the molecule is CCCC1CCCCN1c1ccc(C(C)N)cc1Cl. The highest BCUT2D eigenvalue weighted by Crippen LogP contribution is 2.34. The van der Waals surface area contributed by atoms with Crippen LogP contribution in [0.4, 0.5) is 5.69 Å². The Balaban J connectivity index is 2.23. The largest absolute Gasteiger partial charge is 0.367 e. The van der Waals surface area contributed by atoms with E-state index in [0.717, 1.165) is 17.1 Å². The molecule has 2 unspecified atom stereocenters. The van der Waals surface area contributed by atoms with Gasteiger partial charge in [-0.1, -0.05) is 31.0 Å². The molecule has 0 radical (unpaired) electrons. The van der Waals surface area contributed by atoms with Crippen LogP contribution in [0.25, 0.3) is 0 Å². The minimum absolute atomic E-state index is 0.0411. The Bertz CT molecular complexity index is 415. The Kier molecular flexibility index (Phi) is 5.12. The highest BCUT2D eigenvalue weighted by molar-refractivity contribution is 6.33. The summed E-state index contributed by atoms with van der Waals surface area (Å²) in [6, 6.07) is 6.98. The van der Waals surface area contributed by atoms with Crippen molar-refractivity contribution in [2.24, 2.45) is 5.73 Å². The van der Waals surface area contributed by atoms with Gasteiger partial charge in [0.1, 0.15) is 0 Å². The molecule has 1 fully saturated rings. The van der Waals surface area contributed by atoms with Gasteiger partial charge in [-0.05, 0) is 50.3 Å². The van der Waals surface area contributed by atoms with Gasteiger partial charge in [-0.2, -0.15) is 0 Å². The van der Waals surface area contributed by atoms with Crippen LogP contribution < -0.4 is 10.6 Å². The van der Waals surface area contributed by atoms with Crippen molar-refractivity contribution in [1.29, 1.82) is 0 Å². The van der Waals surface area contributed by atoms with Crippen molar-refractivity contribution in [3.63, 3.8) is 0 Å². The fraction of sp³-hybridized carbons (Fsp3) is 0.625. The summed E-state index contributed by atoms with van der Waals surface area (Å²) in [4.78, 5) is 2.50. The Morgan fingerprint density at radius 2 is 2.21 bits per heavy atom. The maximum atomic E-state index is 6.48. The second-order valence-electron chi connectivity index (χ2n) is 5.63.